The second-order valence-electron chi connectivity index (χ2n) is 15.1. The van der Waals surface area contributed by atoms with E-state index in [4.69, 9.17) is 9.47 Å². The minimum absolute atomic E-state index is 0.0845. The molecule has 0 aromatic heterocycles. The Hall–Kier alpha value is -2.66. The minimum atomic E-state index is -0.797. The Bertz CT molecular complexity index is 1000. The lowest BCUT2D eigenvalue weighted by Gasteiger charge is -2.15. The summed E-state index contributed by atoms with van der Waals surface area (Å²) < 4.78 is 10.6. The lowest BCUT2D eigenvalue weighted by molar-refractivity contribution is -0.161. The number of aliphatic hydroxyl groups is 1. The van der Waals surface area contributed by atoms with Crippen molar-refractivity contribution in [3.63, 3.8) is 0 Å². The van der Waals surface area contributed by atoms with Gasteiger partial charge < -0.3 is 14.6 Å². The van der Waals surface area contributed by atoms with Gasteiger partial charge in [-0.1, -0.05) is 209 Å². The van der Waals surface area contributed by atoms with Crippen LogP contribution in [-0.2, 0) is 19.1 Å². The van der Waals surface area contributed by atoms with Gasteiger partial charge in [0.15, 0.2) is 6.10 Å². The van der Waals surface area contributed by atoms with Crippen LogP contribution in [0.4, 0.5) is 0 Å². The maximum atomic E-state index is 12.2. The Morgan fingerprint density at radius 2 is 0.782 bits per heavy atom. The first-order valence-corrected chi connectivity index (χ1v) is 23.0. The molecule has 0 aromatic carbocycles. The van der Waals surface area contributed by atoms with Crippen LogP contribution in [0.1, 0.15) is 213 Å². The number of carbonyl (C=O) groups is 2. The van der Waals surface area contributed by atoms with Crippen LogP contribution in [0.15, 0.2) is 72.9 Å². The van der Waals surface area contributed by atoms with Crippen molar-refractivity contribution in [1.29, 1.82) is 0 Å². The van der Waals surface area contributed by atoms with Crippen molar-refractivity contribution >= 4 is 11.9 Å². The number of unbranched alkanes of at least 4 members (excludes halogenated alkanes) is 21. The fourth-order valence-electron chi connectivity index (χ4n) is 6.32. The lowest BCUT2D eigenvalue weighted by Crippen LogP contribution is -2.28. The summed E-state index contributed by atoms with van der Waals surface area (Å²) >= 11 is 0. The molecule has 0 spiro atoms. The number of ether oxygens (including phenoxy) is 2. The molecule has 316 valence electrons. The summed E-state index contributed by atoms with van der Waals surface area (Å²) in [7, 11) is 0. The van der Waals surface area contributed by atoms with Crippen molar-refractivity contribution in [3.05, 3.63) is 72.9 Å². The van der Waals surface area contributed by atoms with E-state index in [0.717, 1.165) is 77.0 Å². The molecular weight excluding hydrogens is 681 g/mol. The maximum absolute atomic E-state index is 12.2. The molecule has 1 N–H and O–H groups in total. The molecule has 1 unspecified atom stereocenters. The second-order valence-corrected chi connectivity index (χ2v) is 15.1. The minimum Gasteiger partial charge on any atom is -0.462 e. The molecule has 0 saturated heterocycles. The van der Waals surface area contributed by atoms with Gasteiger partial charge in [0.25, 0.3) is 0 Å². The Balaban J connectivity index is 3.61. The van der Waals surface area contributed by atoms with Crippen molar-refractivity contribution < 1.29 is 24.2 Å². The predicted octanol–water partition coefficient (Wildman–Crippen LogP) is 14.9. The molecule has 0 heterocycles. The molecule has 0 rings (SSSR count). The van der Waals surface area contributed by atoms with Gasteiger partial charge in [-0.2, -0.15) is 0 Å². The van der Waals surface area contributed by atoms with E-state index in [1.54, 1.807) is 0 Å². The number of carbonyl (C=O) groups excluding carboxylic acids is 2. The van der Waals surface area contributed by atoms with Gasteiger partial charge in [-0.3, -0.25) is 9.59 Å². The number of allylic oxidation sites excluding steroid dienone is 12. The van der Waals surface area contributed by atoms with Crippen LogP contribution < -0.4 is 0 Å². The molecule has 0 saturated carbocycles. The van der Waals surface area contributed by atoms with Crippen molar-refractivity contribution in [2.45, 2.75) is 219 Å². The number of rotatable bonds is 41. The average molecular weight is 767 g/mol. The summed E-state index contributed by atoms with van der Waals surface area (Å²) in [6.07, 6.45) is 61.2. The van der Waals surface area contributed by atoms with E-state index in [2.05, 4.69) is 86.8 Å². The summed E-state index contributed by atoms with van der Waals surface area (Å²) in [5.74, 6) is -0.639. The Labute approximate surface area is 340 Å². The van der Waals surface area contributed by atoms with Crippen molar-refractivity contribution in [1.82, 2.24) is 0 Å². The van der Waals surface area contributed by atoms with Crippen LogP contribution in [0.2, 0.25) is 0 Å². The largest absolute Gasteiger partial charge is 0.462 e. The molecule has 0 radical (unpaired) electrons. The molecule has 0 aliphatic carbocycles. The summed E-state index contributed by atoms with van der Waals surface area (Å²) in [5, 5.41) is 9.59. The fraction of sp³-hybridized carbons (Fsp3) is 0.720. The highest BCUT2D eigenvalue weighted by molar-refractivity contribution is 5.70. The Kier molecular flexibility index (Phi) is 43.5. The summed E-state index contributed by atoms with van der Waals surface area (Å²) in [4.78, 5) is 24.4. The van der Waals surface area contributed by atoms with Crippen LogP contribution in [0.5, 0.6) is 0 Å². The standard InChI is InChI=1S/C50H86O5/c1-3-5-7-9-11-13-15-17-19-21-23-25-27-29-31-33-35-37-39-41-43-45-50(53)55-48(46-51)47-54-49(52)44-42-40-38-36-34-32-30-28-26-24-22-20-18-16-14-12-10-8-6-4-2/h5,7,11,13,17,19,23,25,29,31,35,37,48,51H,3-4,6,8-10,12,14-16,18,20-22,24,26-28,30,32-34,36,38-47H2,1-2H3/b7-5-,13-11-,19-17-,25-23-,31-29-,37-35-. The Morgan fingerprint density at radius 1 is 0.436 bits per heavy atom. The van der Waals surface area contributed by atoms with Gasteiger partial charge in [-0.05, 0) is 64.2 Å². The monoisotopic (exact) mass is 767 g/mol. The zero-order valence-electron chi connectivity index (χ0n) is 35.9. The van der Waals surface area contributed by atoms with Gasteiger partial charge in [0.1, 0.15) is 6.61 Å². The molecule has 5 nitrogen and oxygen atoms in total. The first-order valence-electron chi connectivity index (χ1n) is 23.0. The third-order valence-corrected chi connectivity index (χ3v) is 9.76. The van der Waals surface area contributed by atoms with E-state index in [1.165, 1.54) is 109 Å². The van der Waals surface area contributed by atoms with E-state index in [9.17, 15) is 14.7 Å². The highest BCUT2D eigenvalue weighted by Crippen LogP contribution is 2.15. The van der Waals surface area contributed by atoms with Gasteiger partial charge >= 0.3 is 11.9 Å². The maximum Gasteiger partial charge on any atom is 0.306 e. The molecule has 0 amide bonds. The summed E-state index contributed by atoms with van der Waals surface area (Å²) in [6.45, 7) is 4.00. The highest BCUT2D eigenvalue weighted by Gasteiger charge is 2.16. The zero-order chi connectivity index (χ0) is 40.0. The van der Waals surface area contributed by atoms with E-state index < -0.39 is 6.10 Å². The van der Waals surface area contributed by atoms with Gasteiger partial charge in [0.05, 0.1) is 6.61 Å². The number of aliphatic hydroxyl groups excluding tert-OH is 1. The van der Waals surface area contributed by atoms with E-state index in [1.807, 2.05) is 0 Å². The van der Waals surface area contributed by atoms with Crippen LogP contribution in [-0.4, -0.2) is 36.4 Å². The van der Waals surface area contributed by atoms with Crippen molar-refractivity contribution in [2.75, 3.05) is 13.2 Å². The topological polar surface area (TPSA) is 72.8 Å². The molecular formula is C50H86O5. The highest BCUT2D eigenvalue weighted by atomic mass is 16.6. The number of hydrogen-bond acceptors (Lipinski definition) is 5. The normalized spacial score (nSPS) is 12.9. The third-order valence-electron chi connectivity index (χ3n) is 9.76. The molecule has 0 bridgehead atoms. The number of hydrogen-bond donors (Lipinski definition) is 1. The first-order chi connectivity index (χ1) is 27.1. The molecule has 0 aliphatic heterocycles. The summed E-state index contributed by atoms with van der Waals surface area (Å²) in [6, 6.07) is 0. The Morgan fingerprint density at radius 3 is 1.18 bits per heavy atom. The molecule has 0 aliphatic rings. The molecule has 5 heteroatoms. The quantitative estimate of drug-likeness (QED) is 0.0381. The fourth-order valence-corrected chi connectivity index (χ4v) is 6.32. The van der Waals surface area contributed by atoms with Crippen LogP contribution in [0.25, 0.3) is 0 Å². The van der Waals surface area contributed by atoms with Gasteiger partial charge in [-0.15, -0.1) is 0 Å². The summed E-state index contributed by atoms with van der Waals surface area (Å²) in [5.41, 5.74) is 0. The molecule has 0 fully saturated rings. The zero-order valence-corrected chi connectivity index (χ0v) is 35.9. The number of esters is 2. The van der Waals surface area contributed by atoms with Gasteiger partial charge in [0.2, 0.25) is 0 Å². The van der Waals surface area contributed by atoms with E-state index in [0.29, 0.717) is 12.8 Å². The van der Waals surface area contributed by atoms with Gasteiger partial charge in [-0.25, -0.2) is 0 Å². The van der Waals surface area contributed by atoms with Crippen molar-refractivity contribution in [2.24, 2.45) is 0 Å². The van der Waals surface area contributed by atoms with Gasteiger partial charge in [0, 0.05) is 12.8 Å². The second kappa shape index (κ2) is 45.7. The predicted molar refractivity (Wildman–Crippen MR) is 237 cm³/mol. The molecule has 0 aromatic rings. The molecule has 55 heavy (non-hydrogen) atoms. The average Bonchev–Trinajstić information content (AvgIpc) is 3.19. The SMILES string of the molecule is CC/C=C\C/C=C\C/C=C\C/C=C\C/C=C\C/C=C\CCCCC(=O)OC(CO)COC(=O)CCCCCCCCCCCCCCCCCCCCCC. The van der Waals surface area contributed by atoms with Crippen molar-refractivity contribution in [3.8, 4) is 0 Å². The first kappa shape index (κ1) is 52.3. The third kappa shape index (κ3) is 43.9. The van der Waals surface area contributed by atoms with Crippen LogP contribution in [0.3, 0.4) is 0 Å². The molecule has 1 atom stereocenters. The van der Waals surface area contributed by atoms with E-state index in [-0.39, 0.29) is 25.2 Å². The van der Waals surface area contributed by atoms with E-state index >= 15 is 0 Å². The smallest absolute Gasteiger partial charge is 0.306 e. The van der Waals surface area contributed by atoms with Crippen LogP contribution in [0, 0.1) is 0 Å². The van der Waals surface area contributed by atoms with Crippen LogP contribution >= 0.6 is 0 Å². The lowest BCUT2D eigenvalue weighted by atomic mass is 10.0.